The lowest BCUT2D eigenvalue weighted by Crippen LogP contribution is -2.23. The van der Waals surface area contributed by atoms with Crippen LogP contribution in [0.2, 0.25) is 0 Å². The highest BCUT2D eigenvalue weighted by Crippen LogP contribution is 2.29. The fraction of sp³-hybridized carbons (Fsp3) is 0.923. The number of hydrogen-bond acceptors (Lipinski definition) is 1. The van der Waals surface area contributed by atoms with Crippen LogP contribution >= 0.6 is 0 Å². The van der Waals surface area contributed by atoms with Gasteiger partial charge in [-0.3, -0.25) is 4.79 Å². The molecule has 1 fully saturated rings. The lowest BCUT2D eigenvalue weighted by molar-refractivity contribution is -0.127. The third kappa shape index (κ3) is 4.26. The van der Waals surface area contributed by atoms with Gasteiger partial charge in [0.05, 0.1) is 0 Å². The summed E-state index contributed by atoms with van der Waals surface area (Å²) in [5.41, 5.74) is -0.128. The van der Waals surface area contributed by atoms with Crippen molar-refractivity contribution < 1.29 is 4.79 Å². The molecule has 1 aliphatic rings. The lowest BCUT2D eigenvalue weighted by atomic mass is 9.80. The normalized spacial score (nSPS) is 18.8. The summed E-state index contributed by atoms with van der Waals surface area (Å²) in [5.74, 6) is 1.14. The van der Waals surface area contributed by atoms with E-state index in [1.165, 1.54) is 32.1 Å². The van der Waals surface area contributed by atoms with Gasteiger partial charge in [0.1, 0.15) is 5.78 Å². The van der Waals surface area contributed by atoms with Gasteiger partial charge < -0.3 is 0 Å². The molecule has 0 N–H and O–H groups in total. The van der Waals surface area contributed by atoms with Crippen LogP contribution in [0.4, 0.5) is 0 Å². The van der Waals surface area contributed by atoms with Gasteiger partial charge in [0.15, 0.2) is 0 Å². The first kappa shape index (κ1) is 13.7. The van der Waals surface area contributed by atoms with Crippen LogP contribution in [-0.4, -0.2) is 5.78 Å². The molecule has 84 valence electrons. The fourth-order valence-electron chi connectivity index (χ4n) is 1.96. The molecule has 1 aliphatic carbocycles. The van der Waals surface area contributed by atoms with E-state index >= 15 is 0 Å². The molecular weight excluding hydrogens is 172 g/mol. The van der Waals surface area contributed by atoms with Crippen molar-refractivity contribution in [2.75, 3.05) is 0 Å². The van der Waals surface area contributed by atoms with Crippen LogP contribution in [0.15, 0.2) is 0 Å². The minimum absolute atomic E-state index is 0. The quantitative estimate of drug-likeness (QED) is 0.649. The van der Waals surface area contributed by atoms with Crippen LogP contribution in [0.1, 0.15) is 66.7 Å². The topological polar surface area (TPSA) is 17.1 Å². The third-order valence-electron chi connectivity index (χ3n) is 3.04. The van der Waals surface area contributed by atoms with Gasteiger partial charge >= 0.3 is 0 Å². The van der Waals surface area contributed by atoms with Crippen molar-refractivity contribution in [2.45, 2.75) is 66.7 Å². The molecule has 0 unspecified atom stereocenters. The van der Waals surface area contributed by atoms with Gasteiger partial charge in [-0.25, -0.2) is 0 Å². The molecule has 0 radical (unpaired) electrons. The Morgan fingerprint density at radius 1 is 1.14 bits per heavy atom. The highest BCUT2D eigenvalue weighted by atomic mass is 16.1. The van der Waals surface area contributed by atoms with Crippen molar-refractivity contribution in [3.63, 3.8) is 0 Å². The Morgan fingerprint density at radius 2 is 1.64 bits per heavy atom. The molecule has 1 rings (SSSR count). The zero-order valence-corrected chi connectivity index (χ0v) is 9.23. The molecular formula is C13H26O. The Balaban J connectivity index is 0.00000169. The molecule has 1 saturated carbocycles. The summed E-state index contributed by atoms with van der Waals surface area (Å²) < 4.78 is 0. The molecule has 0 spiro atoms. The zero-order chi connectivity index (χ0) is 9.90. The van der Waals surface area contributed by atoms with Gasteiger partial charge in [0.25, 0.3) is 0 Å². The van der Waals surface area contributed by atoms with Gasteiger partial charge in [-0.1, -0.05) is 60.3 Å². The summed E-state index contributed by atoms with van der Waals surface area (Å²) >= 11 is 0. The van der Waals surface area contributed by atoms with Gasteiger partial charge in [0.2, 0.25) is 0 Å². The largest absolute Gasteiger partial charge is 0.299 e. The SMILES string of the molecule is C.CC(C)(C)C(=O)CC1CCCCC1. The molecule has 14 heavy (non-hydrogen) atoms. The van der Waals surface area contributed by atoms with Crippen molar-refractivity contribution in [1.29, 1.82) is 0 Å². The Labute approximate surface area is 89.3 Å². The Kier molecular flexibility index (Phi) is 5.40. The number of hydrogen-bond donors (Lipinski definition) is 0. The Bertz CT molecular complexity index is 170. The summed E-state index contributed by atoms with van der Waals surface area (Å²) in [7, 11) is 0. The fourth-order valence-corrected chi connectivity index (χ4v) is 1.96. The van der Waals surface area contributed by atoms with Crippen molar-refractivity contribution in [3.05, 3.63) is 0 Å². The number of carbonyl (C=O) groups is 1. The first-order valence-corrected chi connectivity index (χ1v) is 5.53. The molecule has 0 heterocycles. The Hall–Kier alpha value is -0.330. The van der Waals surface area contributed by atoms with Crippen LogP contribution in [0.3, 0.4) is 0 Å². The monoisotopic (exact) mass is 198 g/mol. The molecule has 0 aromatic carbocycles. The Morgan fingerprint density at radius 3 is 2.07 bits per heavy atom. The van der Waals surface area contributed by atoms with Crippen molar-refractivity contribution in [1.82, 2.24) is 0 Å². The smallest absolute Gasteiger partial charge is 0.138 e. The molecule has 0 saturated heterocycles. The first-order valence-electron chi connectivity index (χ1n) is 5.53. The number of rotatable bonds is 2. The summed E-state index contributed by atoms with van der Waals surface area (Å²) in [4.78, 5) is 11.7. The number of Topliss-reactive ketones (excluding diaryl/α,β-unsaturated/α-hetero) is 1. The van der Waals surface area contributed by atoms with E-state index in [1.807, 2.05) is 20.8 Å². The second-order valence-electron chi connectivity index (χ2n) is 5.38. The van der Waals surface area contributed by atoms with E-state index in [2.05, 4.69) is 0 Å². The molecule has 0 amide bonds. The van der Waals surface area contributed by atoms with Crippen LogP contribution in [0.5, 0.6) is 0 Å². The van der Waals surface area contributed by atoms with Crippen molar-refractivity contribution >= 4 is 5.78 Å². The predicted molar refractivity (Wildman–Crippen MR) is 62.4 cm³/mol. The predicted octanol–water partition coefficient (Wildman–Crippen LogP) is 4.21. The molecule has 0 atom stereocenters. The summed E-state index contributed by atoms with van der Waals surface area (Å²) in [6.07, 6.45) is 7.43. The van der Waals surface area contributed by atoms with Crippen LogP contribution in [-0.2, 0) is 4.79 Å². The van der Waals surface area contributed by atoms with E-state index < -0.39 is 0 Å². The van der Waals surface area contributed by atoms with E-state index in [4.69, 9.17) is 0 Å². The van der Waals surface area contributed by atoms with E-state index in [1.54, 1.807) is 0 Å². The molecule has 0 bridgehead atoms. The maximum Gasteiger partial charge on any atom is 0.138 e. The van der Waals surface area contributed by atoms with Gasteiger partial charge in [-0.15, -0.1) is 0 Å². The number of carbonyl (C=O) groups excluding carboxylic acids is 1. The van der Waals surface area contributed by atoms with Gasteiger partial charge in [-0.2, -0.15) is 0 Å². The van der Waals surface area contributed by atoms with E-state index in [9.17, 15) is 4.79 Å². The first-order chi connectivity index (χ1) is 6.00. The maximum atomic E-state index is 11.7. The number of ketones is 1. The van der Waals surface area contributed by atoms with Gasteiger partial charge in [0, 0.05) is 11.8 Å². The molecule has 0 aromatic heterocycles. The van der Waals surface area contributed by atoms with E-state index in [0.29, 0.717) is 11.7 Å². The zero-order valence-electron chi connectivity index (χ0n) is 9.23. The summed E-state index contributed by atoms with van der Waals surface area (Å²) in [6, 6.07) is 0. The van der Waals surface area contributed by atoms with Crippen LogP contribution in [0, 0.1) is 11.3 Å². The van der Waals surface area contributed by atoms with E-state index in [-0.39, 0.29) is 12.8 Å². The third-order valence-corrected chi connectivity index (χ3v) is 3.04. The minimum atomic E-state index is -0.128. The van der Waals surface area contributed by atoms with E-state index in [0.717, 1.165) is 6.42 Å². The molecule has 1 nitrogen and oxygen atoms in total. The van der Waals surface area contributed by atoms with Gasteiger partial charge in [-0.05, 0) is 5.92 Å². The average molecular weight is 198 g/mol. The average Bonchev–Trinajstić information content (AvgIpc) is 2.04. The molecule has 0 aromatic rings. The van der Waals surface area contributed by atoms with Crippen molar-refractivity contribution in [2.24, 2.45) is 11.3 Å². The lowest BCUT2D eigenvalue weighted by Gasteiger charge is -2.24. The highest BCUT2D eigenvalue weighted by molar-refractivity contribution is 5.83. The second kappa shape index (κ2) is 5.53. The van der Waals surface area contributed by atoms with Crippen LogP contribution < -0.4 is 0 Å². The molecule has 0 aliphatic heterocycles. The summed E-state index contributed by atoms with van der Waals surface area (Å²) in [5, 5.41) is 0. The van der Waals surface area contributed by atoms with Crippen molar-refractivity contribution in [3.8, 4) is 0 Å². The maximum absolute atomic E-state index is 11.7. The highest BCUT2D eigenvalue weighted by Gasteiger charge is 2.25. The minimum Gasteiger partial charge on any atom is -0.299 e. The summed E-state index contributed by atoms with van der Waals surface area (Å²) in [6.45, 7) is 6.08. The molecule has 1 heteroatoms. The van der Waals surface area contributed by atoms with Crippen LogP contribution in [0.25, 0.3) is 0 Å². The standard InChI is InChI=1S/C12H22O.CH4/c1-12(2,3)11(13)9-10-7-5-4-6-8-10;/h10H,4-9H2,1-3H3;1H4. The second-order valence-corrected chi connectivity index (χ2v) is 5.38.